The van der Waals surface area contributed by atoms with Crippen LogP contribution in [0.4, 0.5) is 5.69 Å². The van der Waals surface area contributed by atoms with Gasteiger partial charge in [0.15, 0.2) is 0 Å². The molecule has 0 bridgehead atoms. The molecule has 0 radical (unpaired) electrons. The number of benzene rings is 1. The maximum atomic E-state index is 12.6. The van der Waals surface area contributed by atoms with Crippen LogP contribution in [0.25, 0.3) is 0 Å². The third-order valence-corrected chi connectivity index (χ3v) is 6.07. The number of nitrogens with one attached hydrogen (secondary N) is 2. The molecule has 1 heterocycles. The Morgan fingerprint density at radius 1 is 1.29 bits per heavy atom. The quantitative estimate of drug-likeness (QED) is 0.333. The summed E-state index contributed by atoms with van der Waals surface area (Å²) >= 11 is 5.60. The molecule has 8 nitrogen and oxygen atoms in total. The summed E-state index contributed by atoms with van der Waals surface area (Å²) in [7, 11) is 0. The Hall–Kier alpha value is -2.81. The maximum Gasteiger partial charge on any atom is 0.307 e. The summed E-state index contributed by atoms with van der Waals surface area (Å²) in [6, 6.07) is 5.98. The third-order valence-electron chi connectivity index (χ3n) is 5.64. The van der Waals surface area contributed by atoms with Gasteiger partial charge in [0.05, 0.1) is 22.2 Å². The van der Waals surface area contributed by atoms with E-state index >= 15 is 0 Å². The Kier molecular flexibility index (Phi) is 8.11. The molecule has 2 N–H and O–H groups in total. The number of rotatable bonds is 9. The smallest absolute Gasteiger partial charge is 0.307 e. The van der Waals surface area contributed by atoms with E-state index in [4.69, 9.17) is 16.6 Å². The predicted molar refractivity (Wildman–Crippen MR) is 121 cm³/mol. The number of aryl methyl sites for hydroxylation is 1. The number of thiocarbonyl (C=S) groups is 1. The molecule has 1 aromatic heterocycles. The largest absolute Gasteiger partial charge is 0.438 e. The lowest BCUT2D eigenvalue weighted by atomic mass is 9.85. The maximum absolute atomic E-state index is 12.6. The minimum atomic E-state index is -0.428. The number of nitro benzene ring substituents is 1. The number of carbonyl (C=O) groups is 1. The monoisotopic (exact) mass is 444 g/mol. The summed E-state index contributed by atoms with van der Waals surface area (Å²) < 4.78 is 5.34. The molecular weight excluding hydrogens is 416 g/mol. The Morgan fingerprint density at radius 3 is 2.61 bits per heavy atom. The normalized spacial score (nSPS) is 15.3. The van der Waals surface area contributed by atoms with Crippen molar-refractivity contribution >= 4 is 28.8 Å². The van der Waals surface area contributed by atoms with E-state index in [-0.39, 0.29) is 23.5 Å². The van der Waals surface area contributed by atoms with Crippen LogP contribution in [0, 0.1) is 23.0 Å². The van der Waals surface area contributed by atoms with E-state index in [0.29, 0.717) is 23.2 Å². The number of aromatic nitrogens is 1. The molecule has 1 atom stereocenters. The van der Waals surface area contributed by atoms with Gasteiger partial charge >= 0.3 is 5.91 Å². The van der Waals surface area contributed by atoms with Crippen molar-refractivity contribution in [3.05, 3.63) is 57.8 Å². The predicted octanol–water partition coefficient (Wildman–Crippen LogP) is 4.47. The van der Waals surface area contributed by atoms with Crippen LogP contribution >= 0.6 is 12.2 Å². The molecule has 1 aliphatic rings. The molecule has 0 saturated heterocycles. The number of nitrogens with zero attached hydrogens (tertiary/aromatic N) is 2. The van der Waals surface area contributed by atoms with Crippen molar-refractivity contribution in [2.75, 3.05) is 0 Å². The van der Waals surface area contributed by atoms with Crippen molar-refractivity contribution in [3.8, 4) is 0 Å². The Bertz CT molecular complexity index is 906. The average Bonchev–Trinajstić information content (AvgIpc) is 3.22. The van der Waals surface area contributed by atoms with E-state index in [2.05, 4.69) is 15.6 Å². The van der Waals surface area contributed by atoms with Crippen LogP contribution in [0.1, 0.15) is 67.0 Å². The van der Waals surface area contributed by atoms with Gasteiger partial charge in [0.2, 0.25) is 0 Å². The standard InChI is InChI=1S/C22H28N4O4S/c1-15-13-23-21(30-15)20(27)25-19(12-9-16-5-3-2-4-6-16)22(31)24-14-17-7-10-18(11-8-17)26(28)29/h7-8,10-11,13,16,19H,2-6,9,12,14H2,1H3,(H,24,31)(H,25,27)/t19-/m1/s1. The van der Waals surface area contributed by atoms with E-state index in [1.165, 1.54) is 50.4 Å². The van der Waals surface area contributed by atoms with Crippen LogP contribution in [-0.2, 0) is 6.54 Å². The summed E-state index contributed by atoms with van der Waals surface area (Å²) in [6.45, 7) is 2.16. The van der Waals surface area contributed by atoms with E-state index in [0.717, 1.165) is 18.4 Å². The molecule has 1 fully saturated rings. The first-order chi connectivity index (χ1) is 14.9. The highest BCUT2D eigenvalue weighted by molar-refractivity contribution is 7.80. The lowest BCUT2D eigenvalue weighted by Gasteiger charge is -2.25. The van der Waals surface area contributed by atoms with Gasteiger partial charge in [0.1, 0.15) is 5.76 Å². The molecule has 0 unspecified atom stereocenters. The molecule has 2 aromatic rings. The van der Waals surface area contributed by atoms with Crippen LogP contribution in [0.15, 0.2) is 34.9 Å². The fraction of sp³-hybridized carbons (Fsp3) is 0.500. The molecule has 0 spiro atoms. The van der Waals surface area contributed by atoms with Gasteiger partial charge in [0.25, 0.3) is 11.6 Å². The van der Waals surface area contributed by atoms with Gasteiger partial charge < -0.3 is 15.1 Å². The zero-order chi connectivity index (χ0) is 22.2. The molecule has 1 saturated carbocycles. The van der Waals surface area contributed by atoms with Gasteiger partial charge in [-0.2, -0.15) is 0 Å². The Balaban J connectivity index is 1.60. The van der Waals surface area contributed by atoms with Gasteiger partial charge in [-0.25, -0.2) is 4.98 Å². The minimum Gasteiger partial charge on any atom is -0.438 e. The first kappa shape index (κ1) is 22.9. The van der Waals surface area contributed by atoms with Gasteiger partial charge in [-0.15, -0.1) is 0 Å². The lowest BCUT2D eigenvalue weighted by Crippen LogP contribution is -2.45. The molecule has 1 amide bonds. The van der Waals surface area contributed by atoms with Crippen molar-refractivity contribution < 1.29 is 14.1 Å². The number of amides is 1. The molecule has 0 aliphatic heterocycles. The second-order valence-corrected chi connectivity index (χ2v) is 8.46. The summed E-state index contributed by atoms with van der Waals surface area (Å²) in [5.74, 6) is 0.872. The van der Waals surface area contributed by atoms with E-state index in [9.17, 15) is 14.9 Å². The third kappa shape index (κ3) is 6.85. The van der Waals surface area contributed by atoms with Gasteiger partial charge in [-0.3, -0.25) is 14.9 Å². The van der Waals surface area contributed by atoms with E-state index in [1.807, 2.05) is 0 Å². The fourth-order valence-electron chi connectivity index (χ4n) is 3.87. The van der Waals surface area contributed by atoms with Crippen LogP contribution < -0.4 is 10.6 Å². The minimum absolute atomic E-state index is 0.0262. The second kappa shape index (κ2) is 11.0. The molecule has 166 valence electrons. The zero-order valence-electron chi connectivity index (χ0n) is 17.6. The summed E-state index contributed by atoms with van der Waals surface area (Å²) in [4.78, 5) is 27.5. The van der Waals surface area contributed by atoms with Gasteiger partial charge in [-0.1, -0.05) is 56.5 Å². The van der Waals surface area contributed by atoms with Crippen LogP contribution in [-0.4, -0.2) is 26.8 Å². The Labute approximate surface area is 187 Å². The first-order valence-electron chi connectivity index (χ1n) is 10.7. The number of nitro groups is 1. The molecule has 31 heavy (non-hydrogen) atoms. The first-order valence-corrected chi connectivity index (χ1v) is 11.1. The zero-order valence-corrected chi connectivity index (χ0v) is 18.5. The molecule has 1 aromatic carbocycles. The van der Waals surface area contributed by atoms with Gasteiger partial charge in [0, 0.05) is 18.7 Å². The fourth-order valence-corrected chi connectivity index (χ4v) is 4.12. The van der Waals surface area contributed by atoms with Crippen LogP contribution in [0.2, 0.25) is 0 Å². The molecular formula is C22H28N4O4S. The van der Waals surface area contributed by atoms with Crippen molar-refractivity contribution in [2.45, 2.75) is 64.5 Å². The molecule has 1 aliphatic carbocycles. The van der Waals surface area contributed by atoms with Crippen LogP contribution in [0.5, 0.6) is 0 Å². The highest BCUT2D eigenvalue weighted by Crippen LogP contribution is 2.28. The highest BCUT2D eigenvalue weighted by atomic mass is 32.1. The van der Waals surface area contributed by atoms with Crippen molar-refractivity contribution in [3.63, 3.8) is 0 Å². The SMILES string of the molecule is Cc1cnc(C(=O)N[C@H](CCC2CCCCC2)C(=S)NCc2ccc([N+](=O)[O-])cc2)o1. The highest BCUT2D eigenvalue weighted by Gasteiger charge is 2.23. The number of oxazole rings is 1. The summed E-state index contributed by atoms with van der Waals surface area (Å²) in [5.41, 5.74) is 0.916. The van der Waals surface area contributed by atoms with Crippen molar-refractivity contribution in [1.29, 1.82) is 0 Å². The lowest BCUT2D eigenvalue weighted by molar-refractivity contribution is -0.384. The van der Waals surface area contributed by atoms with Crippen molar-refractivity contribution in [1.82, 2.24) is 15.6 Å². The second-order valence-electron chi connectivity index (χ2n) is 8.02. The van der Waals surface area contributed by atoms with E-state index < -0.39 is 4.92 Å². The number of hydrogen-bond donors (Lipinski definition) is 2. The average molecular weight is 445 g/mol. The summed E-state index contributed by atoms with van der Waals surface area (Å²) in [5, 5.41) is 17.0. The molecule has 3 rings (SSSR count). The number of carbonyl (C=O) groups excluding carboxylic acids is 1. The number of non-ortho nitro benzene ring substituents is 1. The summed E-state index contributed by atoms with van der Waals surface area (Å²) in [6.07, 6.45) is 9.52. The molecule has 9 heteroatoms. The number of hydrogen-bond acceptors (Lipinski definition) is 6. The van der Waals surface area contributed by atoms with Gasteiger partial charge in [-0.05, 0) is 31.2 Å². The topological polar surface area (TPSA) is 110 Å². The Morgan fingerprint density at radius 2 is 2.00 bits per heavy atom. The van der Waals surface area contributed by atoms with Crippen LogP contribution in [0.3, 0.4) is 0 Å². The van der Waals surface area contributed by atoms with E-state index in [1.54, 1.807) is 19.1 Å². The van der Waals surface area contributed by atoms with Crippen molar-refractivity contribution in [2.24, 2.45) is 5.92 Å².